The zero-order chi connectivity index (χ0) is 11.5. The van der Waals surface area contributed by atoms with Crippen LogP contribution in [0, 0.1) is 5.41 Å². The Morgan fingerprint density at radius 3 is 2.80 bits per heavy atom. The van der Waals surface area contributed by atoms with Crippen molar-refractivity contribution < 1.29 is 19.5 Å². The van der Waals surface area contributed by atoms with Crippen LogP contribution in [-0.2, 0) is 14.4 Å². The fourth-order valence-electron chi connectivity index (χ4n) is 1.40. The number of allylic oxidation sites excluding steroid dienone is 2. The number of aliphatic carboxylic acids is 1. The Morgan fingerprint density at radius 1 is 1.60 bits per heavy atom. The van der Waals surface area contributed by atoms with E-state index in [9.17, 15) is 9.59 Å². The number of nitrogens with one attached hydrogen (secondary N) is 1. The minimum absolute atomic E-state index is 0.161. The first-order chi connectivity index (χ1) is 6.99. The maximum Gasteiger partial charge on any atom is 0.331 e. The molecular weight excluding hydrogens is 198 g/mol. The molecule has 82 valence electrons. The number of hydrogen-bond acceptors (Lipinski definition) is 3. The van der Waals surface area contributed by atoms with Gasteiger partial charge in [0.15, 0.2) is 0 Å². The second-order valence-electron chi connectivity index (χ2n) is 3.59. The van der Waals surface area contributed by atoms with Gasteiger partial charge in [0.2, 0.25) is 0 Å². The summed E-state index contributed by atoms with van der Waals surface area (Å²) in [5.74, 6) is -1.36. The summed E-state index contributed by atoms with van der Waals surface area (Å²) in [6.07, 6.45) is 4.88. The monoisotopic (exact) mass is 211 g/mol. The lowest BCUT2D eigenvalue weighted by molar-refractivity contribution is -0.139. The lowest BCUT2D eigenvalue weighted by Gasteiger charge is -2.26. The van der Waals surface area contributed by atoms with Gasteiger partial charge in [-0.15, -0.1) is 0 Å². The highest BCUT2D eigenvalue weighted by atomic mass is 16.6. The fourth-order valence-corrected chi connectivity index (χ4v) is 1.40. The average Bonchev–Trinajstić information content (AvgIpc) is 2.18. The largest absolute Gasteiger partial charge is 0.478 e. The number of rotatable bonds is 3. The van der Waals surface area contributed by atoms with Crippen LogP contribution in [0.4, 0.5) is 0 Å². The highest BCUT2D eigenvalue weighted by Gasteiger charge is 2.34. The molecule has 0 bridgehead atoms. The Bertz CT molecular complexity index is 345. The smallest absolute Gasteiger partial charge is 0.331 e. The molecule has 0 aromatic carbocycles. The molecule has 1 amide bonds. The van der Waals surface area contributed by atoms with Crippen molar-refractivity contribution in [3.63, 3.8) is 0 Å². The van der Waals surface area contributed by atoms with Gasteiger partial charge in [0.25, 0.3) is 5.91 Å². The molecule has 1 rings (SSSR count). The highest BCUT2D eigenvalue weighted by Crippen LogP contribution is 2.31. The number of hydrogen-bond donors (Lipinski definition) is 2. The number of hydroxylamine groups is 1. The van der Waals surface area contributed by atoms with E-state index < -0.39 is 11.4 Å². The van der Waals surface area contributed by atoms with Crippen LogP contribution in [0.5, 0.6) is 0 Å². The van der Waals surface area contributed by atoms with E-state index in [-0.39, 0.29) is 17.9 Å². The van der Waals surface area contributed by atoms with Gasteiger partial charge in [0, 0.05) is 5.57 Å². The van der Waals surface area contributed by atoms with E-state index in [0.29, 0.717) is 0 Å². The maximum absolute atomic E-state index is 11.6. The molecule has 1 unspecified atom stereocenters. The molecule has 15 heavy (non-hydrogen) atoms. The summed E-state index contributed by atoms with van der Waals surface area (Å²) in [7, 11) is 1.34. The summed E-state index contributed by atoms with van der Waals surface area (Å²) in [5, 5.41) is 8.82. The lowest BCUT2D eigenvalue weighted by Crippen LogP contribution is -2.38. The van der Waals surface area contributed by atoms with Gasteiger partial charge in [0.05, 0.1) is 12.5 Å². The topological polar surface area (TPSA) is 75.6 Å². The van der Waals surface area contributed by atoms with Gasteiger partial charge in [-0.2, -0.15) is 0 Å². The number of carbonyl (C=O) groups is 2. The van der Waals surface area contributed by atoms with Crippen LogP contribution in [-0.4, -0.2) is 24.1 Å². The van der Waals surface area contributed by atoms with E-state index in [4.69, 9.17) is 5.11 Å². The Hall–Kier alpha value is -1.62. The number of carboxylic acids is 1. The van der Waals surface area contributed by atoms with Crippen molar-refractivity contribution in [2.45, 2.75) is 13.3 Å². The summed E-state index contributed by atoms with van der Waals surface area (Å²) < 4.78 is 0. The predicted octanol–water partition coefficient (Wildman–Crippen LogP) is 0.641. The second-order valence-corrected chi connectivity index (χ2v) is 3.59. The van der Waals surface area contributed by atoms with Crippen molar-refractivity contribution in [2.75, 3.05) is 7.11 Å². The van der Waals surface area contributed by atoms with Crippen LogP contribution >= 0.6 is 0 Å². The Balaban J connectivity index is 2.83. The zero-order valence-electron chi connectivity index (χ0n) is 8.61. The van der Waals surface area contributed by atoms with Crippen LogP contribution in [0.15, 0.2) is 23.8 Å². The summed E-state index contributed by atoms with van der Waals surface area (Å²) in [6, 6.07) is 0. The Kier molecular flexibility index (Phi) is 3.26. The molecule has 0 aliphatic heterocycles. The molecule has 0 saturated heterocycles. The maximum atomic E-state index is 11.6. The van der Waals surface area contributed by atoms with Crippen molar-refractivity contribution >= 4 is 11.9 Å². The van der Waals surface area contributed by atoms with Crippen molar-refractivity contribution in [2.24, 2.45) is 5.41 Å². The van der Waals surface area contributed by atoms with E-state index >= 15 is 0 Å². The molecule has 1 aliphatic carbocycles. The van der Waals surface area contributed by atoms with Gasteiger partial charge < -0.3 is 5.11 Å². The van der Waals surface area contributed by atoms with Crippen molar-refractivity contribution in [3.8, 4) is 0 Å². The molecule has 0 spiro atoms. The van der Waals surface area contributed by atoms with E-state index in [1.165, 1.54) is 13.2 Å². The molecule has 0 aromatic heterocycles. The number of carbonyl (C=O) groups excluding carboxylic acids is 1. The molecule has 1 atom stereocenters. The van der Waals surface area contributed by atoms with E-state index in [0.717, 1.165) is 0 Å². The van der Waals surface area contributed by atoms with E-state index in [1.54, 1.807) is 19.1 Å². The first kappa shape index (κ1) is 11.5. The average molecular weight is 211 g/mol. The third kappa shape index (κ3) is 2.44. The van der Waals surface area contributed by atoms with Crippen LogP contribution < -0.4 is 5.48 Å². The van der Waals surface area contributed by atoms with Crippen molar-refractivity contribution in [1.82, 2.24) is 5.48 Å². The molecular formula is C10H13NO4. The predicted molar refractivity (Wildman–Crippen MR) is 52.7 cm³/mol. The van der Waals surface area contributed by atoms with Gasteiger partial charge in [-0.1, -0.05) is 18.2 Å². The molecule has 0 aromatic rings. The minimum Gasteiger partial charge on any atom is -0.478 e. The van der Waals surface area contributed by atoms with Gasteiger partial charge in [-0.25, -0.2) is 10.3 Å². The quantitative estimate of drug-likeness (QED) is 0.672. The number of amides is 1. The normalized spacial score (nSPS) is 24.5. The minimum atomic E-state index is -1.00. The molecule has 0 saturated carbocycles. The van der Waals surface area contributed by atoms with Crippen LogP contribution in [0.25, 0.3) is 0 Å². The highest BCUT2D eigenvalue weighted by molar-refractivity contribution is 5.91. The lowest BCUT2D eigenvalue weighted by atomic mass is 9.79. The second kappa shape index (κ2) is 4.27. The Morgan fingerprint density at radius 2 is 2.27 bits per heavy atom. The third-order valence-electron chi connectivity index (χ3n) is 2.31. The third-order valence-corrected chi connectivity index (χ3v) is 2.31. The summed E-state index contributed by atoms with van der Waals surface area (Å²) in [6.45, 7) is 1.66. The summed E-state index contributed by atoms with van der Waals surface area (Å²) in [4.78, 5) is 26.9. The molecule has 2 N–H and O–H groups in total. The van der Waals surface area contributed by atoms with Crippen LogP contribution in [0.3, 0.4) is 0 Å². The van der Waals surface area contributed by atoms with Crippen molar-refractivity contribution in [1.29, 1.82) is 0 Å². The van der Waals surface area contributed by atoms with Crippen molar-refractivity contribution in [3.05, 3.63) is 23.8 Å². The molecule has 5 heteroatoms. The molecule has 1 aliphatic rings. The van der Waals surface area contributed by atoms with Gasteiger partial charge >= 0.3 is 5.97 Å². The summed E-state index contributed by atoms with van der Waals surface area (Å²) >= 11 is 0. The zero-order valence-corrected chi connectivity index (χ0v) is 8.61. The molecule has 0 heterocycles. The van der Waals surface area contributed by atoms with Crippen LogP contribution in [0.1, 0.15) is 13.3 Å². The van der Waals surface area contributed by atoms with E-state index in [1.807, 2.05) is 0 Å². The van der Waals surface area contributed by atoms with Crippen LogP contribution in [0.2, 0.25) is 0 Å². The first-order valence-corrected chi connectivity index (χ1v) is 4.45. The molecule has 0 radical (unpaired) electrons. The summed E-state index contributed by atoms with van der Waals surface area (Å²) in [5.41, 5.74) is 1.56. The van der Waals surface area contributed by atoms with Gasteiger partial charge in [-0.05, 0) is 13.3 Å². The number of carboxylic acid groups (broad SMARTS) is 1. The SMILES string of the molecule is CONC(=O)C1(C)C=CC=C(C(=O)O)C1. The van der Waals surface area contributed by atoms with Gasteiger partial charge in [-0.3, -0.25) is 9.63 Å². The molecule has 5 nitrogen and oxygen atoms in total. The van der Waals surface area contributed by atoms with Gasteiger partial charge in [0.1, 0.15) is 0 Å². The standard InChI is InChI=1S/C10H13NO4/c1-10(9(14)11-15-2)5-3-4-7(6-10)8(12)13/h3-5H,6H2,1-2H3,(H,11,14)(H,12,13). The van der Waals surface area contributed by atoms with E-state index in [2.05, 4.69) is 10.3 Å². The Labute approximate surface area is 87.4 Å². The fraction of sp³-hybridized carbons (Fsp3) is 0.400. The first-order valence-electron chi connectivity index (χ1n) is 4.45. The molecule has 0 fully saturated rings.